The number of ether oxygens (including phenoxy) is 2. The van der Waals surface area contributed by atoms with E-state index in [0.717, 1.165) is 5.56 Å². The molecule has 0 aliphatic rings. The summed E-state index contributed by atoms with van der Waals surface area (Å²) in [6, 6.07) is 12.0. The van der Waals surface area contributed by atoms with Crippen LogP contribution in [0.5, 0.6) is 5.75 Å². The summed E-state index contributed by atoms with van der Waals surface area (Å²) < 4.78 is 10.5. The van der Waals surface area contributed by atoms with E-state index in [9.17, 15) is 9.59 Å². The first-order chi connectivity index (χ1) is 12.6. The number of amides is 1. The molecule has 2 aromatic carbocycles. The summed E-state index contributed by atoms with van der Waals surface area (Å²) in [4.78, 5) is 24.7. The Balaban J connectivity index is 2.03. The summed E-state index contributed by atoms with van der Waals surface area (Å²) in [5.41, 5.74) is 1.90. The van der Waals surface area contributed by atoms with Gasteiger partial charge >= 0.3 is 5.97 Å². The summed E-state index contributed by atoms with van der Waals surface area (Å²) in [7, 11) is 1.49. The Morgan fingerprint density at radius 2 is 1.70 bits per heavy atom. The molecule has 144 valence electrons. The van der Waals surface area contributed by atoms with Gasteiger partial charge in [-0.1, -0.05) is 44.5 Å². The van der Waals surface area contributed by atoms with Crippen molar-refractivity contribution in [1.82, 2.24) is 0 Å². The summed E-state index contributed by atoms with van der Waals surface area (Å²) in [5, 5.41) is 3.12. The van der Waals surface area contributed by atoms with Crippen LogP contribution in [0.25, 0.3) is 0 Å². The molecule has 0 radical (unpaired) electrons. The van der Waals surface area contributed by atoms with Gasteiger partial charge in [-0.25, -0.2) is 4.79 Å². The average Bonchev–Trinajstić information content (AvgIpc) is 2.61. The van der Waals surface area contributed by atoms with Crippen LogP contribution < -0.4 is 10.1 Å². The first-order valence-corrected chi connectivity index (χ1v) is 8.95. The molecule has 1 amide bonds. The Morgan fingerprint density at radius 1 is 1.07 bits per heavy atom. The first-order valence-electron chi connectivity index (χ1n) is 8.57. The number of methoxy groups -OCH3 is 1. The van der Waals surface area contributed by atoms with Gasteiger partial charge in [-0.05, 0) is 48.2 Å². The van der Waals surface area contributed by atoms with Crippen LogP contribution in [0.15, 0.2) is 42.5 Å². The molecule has 0 saturated carbocycles. The lowest BCUT2D eigenvalue weighted by Gasteiger charge is -2.19. The van der Waals surface area contributed by atoms with E-state index in [1.54, 1.807) is 30.3 Å². The third-order valence-electron chi connectivity index (χ3n) is 4.06. The summed E-state index contributed by atoms with van der Waals surface area (Å²) in [6.45, 7) is 7.79. The van der Waals surface area contributed by atoms with Crippen molar-refractivity contribution in [2.75, 3.05) is 12.4 Å². The summed E-state index contributed by atoms with van der Waals surface area (Å²) >= 11 is 5.95. The zero-order valence-electron chi connectivity index (χ0n) is 16.1. The largest absolute Gasteiger partial charge is 0.495 e. The summed E-state index contributed by atoms with van der Waals surface area (Å²) in [6.07, 6.45) is -0.983. The maximum absolute atomic E-state index is 12.4. The highest BCUT2D eigenvalue weighted by atomic mass is 35.5. The number of carbonyl (C=O) groups is 2. The van der Waals surface area contributed by atoms with Crippen molar-refractivity contribution < 1.29 is 19.1 Å². The Kier molecular flexibility index (Phi) is 6.50. The third-order valence-corrected chi connectivity index (χ3v) is 4.29. The molecule has 0 bridgehead atoms. The van der Waals surface area contributed by atoms with Gasteiger partial charge in [0, 0.05) is 5.02 Å². The minimum atomic E-state index is -0.983. The van der Waals surface area contributed by atoms with E-state index in [-0.39, 0.29) is 5.41 Å². The Hall–Kier alpha value is -2.53. The van der Waals surface area contributed by atoms with Crippen LogP contribution in [-0.4, -0.2) is 25.1 Å². The van der Waals surface area contributed by atoms with E-state index < -0.39 is 18.0 Å². The molecule has 0 aliphatic heterocycles. The number of halogens is 1. The normalized spacial score (nSPS) is 12.2. The van der Waals surface area contributed by atoms with Crippen LogP contribution in [-0.2, 0) is 14.9 Å². The highest BCUT2D eigenvalue weighted by molar-refractivity contribution is 6.31. The van der Waals surface area contributed by atoms with Gasteiger partial charge in [0.2, 0.25) is 0 Å². The molecule has 0 fully saturated rings. The van der Waals surface area contributed by atoms with Crippen LogP contribution in [0.1, 0.15) is 43.6 Å². The quantitative estimate of drug-likeness (QED) is 0.744. The molecule has 5 nitrogen and oxygen atoms in total. The van der Waals surface area contributed by atoms with E-state index >= 15 is 0 Å². The molecule has 2 aromatic rings. The number of nitrogens with one attached hydrogen (secondary N) is 1. The van der Waals surface area contributed by atoms with E-state index in [1.165, 1.54) is 14.0 Å². The molecule has 0 aliphatic carbocycles. The van der Waals surface area contributed by atoms with E-state index in [0.29, 0.717) is 22.0 Å². The SMILES string of the molecule is COc1ccc(Cl)cc1NC(=O)[C@@H](C)OC(=O)c1ccc(C(C)(C)C)cc1. The van der Waals surface area contributed by atoms with E-state index in [2.05, 4.69) is 26.1 Å². The molecule has 0 unspecified atom stereocenters. The second-order valence-corrected chi connectivity index (χ2v) is 7.65. The van der Waals surface area contributed by atoms with Gasteiger partial charge in [-0.15, -0.1) is 0 Å². The van der Waals surface area contributed by atoms with E-state index in [4.69, 9.17) is 21.1 Å². The maximum Gasteiger partial charge on any atom is 0.338 e. The van der Waals surface area contributed by atoms with Gasteiger partial charge in [-0.2, -0.15) is 0 Å². The minimum absolute atomic E-state index is 0.00831. The molecule has 2 rings (SSSR count). The number of rotatable bonds is 5. The monoisotopic (exact) mass is 389 g/mol. The fourth-order valence-corrected chi connectivity index (χ4v) is 2.57. The first kappa shape index (κ1) is 20.8. The van der Waals surface area contributed by atoms with Crippen molar-refractivity contribution in [3.05, 3.63) is 58.6 Å². The van der Waals surface area contributed by atoms with Gasteiger partial charge < -0.3 is 14.8 Å². The predicted molar refractivity (Wildman–Crippen MR) is 107 cm³/mol. The van der Waals surface area contributed by atoms with Crippen LogP contribution in [0.3, 0.4) is 0 Å². The molecule has 27 heavy (non-hydrogen) atoms. The lowest BCUT2D eigenvalue weighted by atomic mass is 9.87. The van der Waals surface area contributed by atoms with Crippen molar-refractivity contribution in [1.29, 1.82) is 0 Å². The van der Waals surface area contributed by atoms with Crippen molar-refractivity contribution in [3.8, 4) is 5.75 Å². The molecule has 6 heteroatoms. The average molecular weight is 390 g/mol. The van der Waals surface area contributed by atoms with Gasteiger partial charge in [0.15, 0.2) is 6.10 Å². The second-order valence-electron chi connectivity index (χ2n) is 7.21. The molecule has 0 saturated heterocycles. The lowest BCUT2D eigenvalue weighted by molar-refractivity contribution is -0.123. The topological polar surface area (TPSA) is 64.6 Å². The number of carbonyl (C=O) groups excluding carboxylic acids is 2. The molecule has 0 heterocycles. The third kappa shape index (κ3) is 5.47. The Morgan fingerprint density at radius 3 is 2.26 bits per heavy atom. The van der Waals surface area contributed by atoms with Crippen molar-refractivity contribution in [2.45, 2.75) is 39.2 Å². The van der Waals surface area contributed by atoms with Crippen molar-refractivity contribution in [3.63, 3.8) is 0 Å². The summed E-state index contributed by atoms with van der Waals surface area (Å²) in [5.74, 6) is -0.574. The minimum Gasteiger partial charge on any atom is -0.495 e. The predicted octanol–water partition coefficient (Wildman–Crippen LogP) is 4.83. The molecule has 0 aromatic heterocycles. The Bertz CT molecular complexity index is 825. The van der Waals surface area contributed by atoms with Crippen molar-refractivity contribution in [2.24, 2.45) is 0 Å². The van der Waals surface area contributed by atoms with Crippen LogP contribution in [0, 0.1) is 0 Å². The number of hydrogen-bond acceptors (Lipinski definition) is 4. The molecule has 1 atom stereocenters. The molecular formula is C21H24ClNO4. The smallest absolute Gasteiger partial charge is 0.338 e. The van der Waals surface area contributed by atoms with Crippen LogP contribution in [0.2, 0.25) is 5.02 Å². The van der Waals surface area contributed by atoms with Gasteiger partial charge in [0.25, 0.3) is 5.91 Å². The standard InChI is InChI=1S/C21H24ClNO4/c1-13(19(24)23-17-12-16(22)10-11-18(17)26-5)27-20(25)14-6-8-15(9-7-14)21(2,3)4/h6-13H,1-5H3,(H,23,24)/t13-/m1/s1. The highest BCUT2D eigenvalue weighted by Crippen LogP contribution is 2.28. The lowest BCUT2D eigenvalue weighted by Crippen LogP contribution is -2.30. The Labute approximate surface area is 164 Å². The number of benzene rings is 2. The molecule has 0 spiro atoms. The number of hydrogen-bond donors (Lipinski definition) is 1. The van der Waals surface area contributed by atoms with Crippen molar-refractivity contribution >= 4 is 29.2 Å². The number of esters is 1. The highest BCUT2D eigenvalue weighted by Gasteiger charge is 2.21. The van der Waals surface area contributed by atoms with Crippen LogP contribution in [0.4, 0.5) is 5.69 Å². The van der Waals surface area contributed by atoms with Gasteiger partial charge in [-0.3, -0.25) is 4.79 Å². The maximum atomic E-state index is 12.4. The zero-order chi connectivity index (χ0) is 20.2. The molecule has 1 N–H and O–H groups in total. The number of anilines is 1. The van der Waals surface area contributed by atoms with Gasteiger partial charge in [0.1, 0.15) is 5.75 Å². The van der Waals surface area contributed by atoms with Gasteiger partial charge in [0.05, 0.1) is 18.4 Å². The van der Waals surface area contributed by atoms with E-state index in [1.807, 2.05) is 12.1 Å². The zero-order valence-corrected chi connectivity index (χ0v) is 16.9. The molecular weight excluding hydrogens is 366 g/mol. The fourth-order valence-electron chi connectivity index (χ4n) is 2.40. The van der Waals surface area contributed by atoms with Crippen LogP contribution >= 0.6 is 11.6 Å². The fraction of sp³-hybridized carbons (Fsp3) is 0.333. The second kappa shape index (κ2) is 8.44.